The van der Waals surface area contributed by atoms with Crippen LogP contribution in [0.15, 0.2) is 47.7 Å². The number of carbonyl (C=O) groups is 1. The van der Waals surface area contributed by atoms with Crippen LogP contribution in [0.4, 0.5) is 4.39 Å². The molecule has 0 aliphatic carbocycles. The molecule has 4 heterocycles. The molecule has 5 rings (SSSR count). The molecule has 1 aliphatic rings. The van der Waals surface area contributed by atoms with Crippen molar-refractivity contribution < 1.29 is 13.9 Å². The number of imidazole rings is 1. The van der Waals surface area contributed by atoms with Gasteiger partial charge >= 0.3 is 5.56 Å². The fraction of sp³-hybridized carbons (Fsp3) is 0.429. The smallest absolute Gasteiger partial charge is 0.302 e. The van der Waals surface area contributed by atoms with Crippen LogP contribution in [0.1, 0.15) is 56.4 Å². The summed E-state index contributed by atoms with van der Waals surface area (Å²) in [5.74, 6) is 0.278. The quantitative estimate of drug-likeness (QED) is 0.283. The predicted molar refractivity (Wildman–Crippen MR) is 145 cm³/mol. The van der Waals surface area contributed by atoms with Gasteiger partial charge in [-0.3, -0.25) is 9.59 Å². The number of likely N-dealkylation sites (tertiary alicyclic amines) is 1. The van der Waals surface area contributed by atoms with Crippen LogP contribution >= 0.6 is 11.3 Å². The average Bonchev–Trinajstić information content (AvgIpc) is 3.54. The van der Waals surface area contributed by atoms with E-state index in [1.165, 1.54) is 27.9 Å². The lowest BCUT2D eigenvalue weighted by Crippen LogP contribution is -2.43. The number of unbranched alkanes of at least 4 members (excludes halogenated alkanes) is 1. The minimum absolute atomic E-state index is 0.0187. The van der Waals surface area contributed by atoms with Gasteiger partial charge in [-0.2, -0.15) is 0 Å². The van der Waals surface area contributed by atoms with E-state index in [0.717, 1.165) is 49.1 Å². The second-order valence-corrected chi connectivity index (χ2v) is 10.9. The molecular formula is C28H32FN5O3S. The summed E-state index contributed by atoms with van der Waals surface area (Å²) in [6.45, 7) is 5.39. The molecule has 1 aromatic carbocycles. The van der Waals surface area contributed by atoms with Crippen molar-refractivity contribution in [3.8, 4) is 16.5 Å². The average molecular weight is 538 g/mol. The number of rotatable bonds is 9. The Morgan fingerprint density at radius 2 is 2.03 bits per heavy atom. The Balaban J connectivity index is 1.49. The molecule has 200 valence electrons. The number of nitrogens with zero attached hydrogens (tertiary/aromatic N) is 5. The molecular weight excluding hydrogens is 505 g/mol. The first-order valence-corrected chi connectivity index (χ1v) is 14.0. The summed E-state index contributed by atoms with van der Waals surface area (Å²) < 4.78 is 22.4. The number of benzene rings is 1. The largest absolute Gasteiger partial charge is 0.486 e. The van der Waals surface area contributed by atoms with Gasteiger partial charge in [0.1, 0.15) is 17.4 Å². The molecule has 0 saturated carbocycles. The van der Waals surface area contributed by atoms with E-state index in [4.69, 9.17) is 9.72 Å². The molecule has 1 aliphatic heterocycles. The van der Waals surface area contributed by atoms with Crippen molar-refractivity contribution in [3.05, 3.63) is 69.5 Å². The minimum atomic E-state index is -0.325. The Kier molecular flexibility index (Phi) is 7.87. The molecule has 10 heteroatoms. The molecule has 0 radical (unpaired) electrons. The summed E-state index contributed by atoms with van der Waals surface area (Å²) in [7, 11) is 0. The fourth-order valence-electron chi connectivity index (χ4n) is 4.78. The number of amides is 1. The molecule has 1 amide bonds. The van der Waals surface area contributed by atoms with Crippen LogP contribution in [0.2, 0.25) is 0 Å². The number of aromatic nitrogens is 4. The van der Waals surface area contributed by atoms with Crippen LogP contribution in [-0.2, 0) is 17.8 Å². The summed E-state index contributed by atoms with van der Waals surface area (Å²) >= 11 is 1.42. The van der Waals surface area contributed by atoms with Gasteiger partial charge in [0, 0.05) is 42.5 Å². The van der Waals surface area contributed by atoms with Crippen molar-refractivity contribution in [1.82, 2.24) is 23.8 Å². The number of thiazole rings is 1. The molecule has 1 saturated heterocycles. The SMILES string of the molecule is CCCCOc1c(-c2ncc(Cc3ccc(F)cc3)s2)nc2n(CC(=O)N3CCCCC3C)ccn2c1=O. The summed E-state index contributed by atoms with van der Waals surface area (Å²) in [6.07, 6.45) is 10.6. The monoisotopic (exact) mass is 537 g/mol. The van der Waals surface area contributed by atoms with Gasteiger partial charge in [-0.05, 0) is 50.3 Å². The van der Waals surface area contributed by atoms with Gasteiger partial charge in [-0.1, -0.05) is 25.5 Å². The second-order valence-electron chi connectivity index (χ2n) is 9.76. The summed E-state index contributed by atoms with van der Waals surface area (Å²) in [5, 5.41) is 0.567. The molecule has 38 heavy (non-hydrogen) atoms. The highest BCUT2D eigenvalue weighted by Gasteiger charge is 2.25. The van der Waals surface area contributed by atoms with Gasteiger partial charge in [0.05, 0.1) is 6.61 Å². The first-order chi connectivity index (χ1) is 18.4. The highest BCUT2D eigenvalue weighted by Crippen LogP contribution is 2.31. The lowest BCUT2D eigenvalue weighted by molar-refractivity contribution is -0.135. The van der Waals surface area contributed by atoms with Crippen LogP contribution in [0.3, 0.4) is 0 Å². The Bertz CT molecular complexity index is 1480. The van der Waals surface area contributed by atoms with Crippen LogP contribution in [0, 0.1) is 5.82 Å². The highest BCUT2D eigenvalue weighted by molar-refractivity contribution is 7.15. The number of hydrogen-bond acceptors (Lipinski definition) is 6. The summed E-state index contributed by atoms with van der Waals surface area (Å²) in [5.41, 5.74) is 1.01. The Morgan fingerprint density at radius 3 is 2.79 bits per heavy atom. The number of carbonyl (C=O) groups excluding carboxylic acids is 1. The van der Waals surface area contributed by atoms with Gasteiger partial charge in [0.25, 0.3) is 0 Å². The van der Waals surface area contributed by atoms with Crippen LogP contribution in [0.5, 0.6) is 5.75 Å². The van der Waals surface area contributed by atoms with Gasteiger partial charge < -0.3 is 14.2 Å². The third-order valence-corrected chi connectivity index (χ3v) is 7.93. The van der Waals surface area contributed by atoms with Crippen molar-refractivity contribution in [2.24, 2.45) is 0 Å². The van der Waals surface area contributed by atoms with Crippen LogP contribution in [0.25, 0.3) is 16.5 Å². The van der Waals surface area contributed by atoms with Gasteiger partial charge in [0.2, 0.25) is 17.4 Å². The van der Waals surface area contributed by atoms with E-state index in [1.54, 1.807) is 35.3 Å². The Morgan fingerprint density at radius 1 is 1.21 bits per heavy atom. The van der Waals surface area contributed by atoms with Gasteiger partial charge in [0.15, 0.2) is 5.69 Å². The lowest BCUT2D eigenvalue weighted by Gasteiger charge is -2.33. The number of hydrogen-bond donors (Lipinski definition) is 0. The second kappa shape index (κ2) is 11.5. The number of piperidine rings is 1. The molecule has 1 unspecified atom stereocenters. The maximum atomic E-state index is 13.5. The molecule has 0 spiro atoms. The van der Waals surface area contributed by atoms with E-state index in [0.29, 0.717) is 29.5 Å². The van der Waals surface area contributed by atoms with E-state index in [1.807, 2.05) is 4.90 Å². The predicted octanol–water partition coefficient (Wildman–Crippen LogP) is 4.93. The lowest BCUT2D eigenvalue weighted by atomic mass is 10.0. The maximum absolute atomic E-state index is 13.5. The van der Waals surface area contributed by atoms with E-state index in [2.05, 4.69) is 18.8 Å². The van der Waals surface area contributed by atoms with Crippen molar-refractivity contribution in [2.45, 2.75) is 65.0 Å². The highest BCUT2D eigenvalue weighted by atomic mass is 32.1. The number of fused-ring (bicyclic) bond motifs is 1. The first kappa shape index (κ1) is 26.1. The normalized spacial score (nSPS) is 15.8. The van der Waals surface area contributed by atoms with Crippen molar-refractivity contribution in [3.63, 3.8) is 0 Å². The van der Waals surface area contributed by atoms with E-state index in [-0.39, 0.29) is 35.6 Å². The topological polar surface area (TPSA) is 81.7 Å². The van der Waals surface area contributed by atoms with E-state index < -0.39 is 0 Å². The molecule has 4 aromatic rings. The zero-order valence-electron chi connectivity index (χ0n) is 21.7. The maximum Gasteiger partial charge on any atom is 0.302 e. The Labute approximate surface area is 224 Å². The van der Waals surface area contributed by atoms with Gasteiger partial charge in [-0.15, -0.1) is 11.3 Å². The molecule has 3 aromatic heterocycles. The first-order valence-electron chi connectivity index (χ1n) is 13.2. The molecule has 8 nitrogen and oxygen atoms in total. The third kappa shape index (κ3) is 5.50. The molecule has 0 bridgehead atoms. The molecule has 1 fully saturated rings. The number of ether oxygens (including phenoxy) is 1. The van der Waals surface area contributed by atoms with Crippen LogP contribution in [-0.4, -0.2) is 48.9 Å². The van der Waals surface area contributed by atoms with E-state index >= 15 is 0 Å². The zero-order valence-corrected chi connectivity index (χ0v) is 22.5. The summed E-state index contributed by atoms with van der Waals surface area (Å²) in [6, 6.07) is 6.58. The van der Waals surface area contributed by atoms with Crippen LogP contribution < -0.4 is 10.3 Å². The minimum Gasteiger partial charge on any atom is -0.486 e. The Hall–Kier alpha value is -3.53. The zero-order chi connectivity index (χ0) is 26.6. The van der Waals surface area contributed by atoms with Crippen molar-refractivity contribution in [2.75, 3.05) is 13.2 Å². The van der Waals surface area contributed by atoms with Crippen molar-refractivity contribution in [1.29, 1.82) is 0 Å². The molecule has 1 atom stereocenters. The summed E-state index contributed by atoms with van der Waals surface area (Å²) in [4.78, 5) is 38.9. The molecule has 0 N–H and O–H groups in total. The fourth-order valence-corrected chi connectivity index (χ4v) is 5.71. The standard InChI is InChI=1S/C28H32FN5O3S/c1-3-4-15-37-25-24(26-30-17-22(38-26)16-20-8-10-21(29)11-9-20)31-28-32(13-14-34(28)27(25)36)18-23(35)33-12-6-5-7-19(33)2/h8-11,13-14,17,19H,3-7,12,15-16,18H2,1-2H3. The third-order valence-electron chi connectivity index (χ3n) is 6.93. The van der Waals surface area contributed by atoms with Crippen molar-refractivity contribution >= 4 is 23.0 Å². The van der Waals surface area contributed by atoms with E-state index in [9.17, 15) is 14.0 Å². The number of halogens is 1. The van der Waals surface area contributed by atoms with Gasteiger partial charge in [-0.25, -0.2) is 18.8 Å².